The van der Waals surface area contributed by atoms with E-state index in [0.29, 0.717) is 47.6 Å². The Morgan fingerprint density at radius 3 is 2.81 bits per heavy atom. The van der Waals surface area contributed by atoms with Crippen molar-refractivity contribution in [2.75, 3.05) is 19.5 Å². The summed E-state index contributed by atoms with van der Waals surface area (Å²) in [4.78, 5) is 45.9. The molecule has 0 saturated carbocycles. The summed E-state index contributed by atoms with van der Waals surface area (Å²) in [5.74, 6) is -1.44. The Hall–Kier alpha value is -5.07. The highest BCUT2D eigenvalue weighted by molar-refractivity contribution is 5.96. The van der Waals surface area contributed by atoms with Crippen molar-refractivity contribution >= 4 is 23.5 Å². The van der Waals surface area contributed by atoms with Crippen molar-refractivity contribution in [1.29, 1.82) is 0 Å². The van der Waals surface area contributed by atoms with E-state index in [4.69, 9.17) is 9.47 Å². The fraction of sp³-hybridized carbons (Fsp3) is 0.310. The molecule has 0 unspecified atom stereocenters. The van der Waals surface area contributed by atoms with E-state index in [9.17, 15) is 18.8 Å². The van der Waals surface area contributed by atoms with Gasteiger partial charge in [-0.25, -0.2) is 14.1 Å². The van der Waals surface area contributed by atoms with Crippen LogP contribution in [0.25, 0.3) is 16.9 Å². The van der Waals surface area contributed by atoms with Gasteiger partial charge in [0.25, 0.3) is 5.91 Å². The summed E-state index contributed by atoms with van der Waals surface area (Å²) in [7, 11) is 2.68. The van der Waals surface area contributed by atoms with Crippen LogP contribution < -0.4 is 15.4 Å². The lowest BCUT2D eigenvalue weighted by molar-refractivity contribution is -0.139. The number of nitrogens with zero attached hydrogens (tertiary/aromatic N) is 4. The quantitative estimate of drug-likeness (QED) is 0.294. The van der Waals surface area contributed by atoms with Gasteiger partial charge in [0, 0.05) is 11.5 Å². The molecule has 3 N–H and O–H groups in total. The fourth-order valence-corrected chi connectivity index (χ4v) is 4.77. The van der Waals surface area contributed by atoms with Crippen LogP contribution in [0.1, 0.15) is 54.1 Å². The van der Waals surface area contributed by atoms with Crippen LogP contribution in [0.2, 0.25) is 0 Å². The fourth-order valence-electron chi connectivity index (χ4n) is 4.77. The zero-order valence-electron chi connectivity index (χ0n) is 23.3. The molecule has 13 heteroatoms. The molecule has 0 aliphatic carbocycles. The molecular weight excluding hydrogens is 545 g/mol. The minimum Gasteiger partial charge on any atom is -0.494 e. The van der Waals surface area contributed by atoms with Crippen molar-refractivity contribution in [3.8, 4) is 22.7 Å². The normalized spacial score (nSPS) is 16.8. The molecule has 0 fully saturated rings. The van der Waals surface area contributed by atoms with E-state index in [1.807, 2.05) is 6.92 Å². The molecule has 2 aromatic heterocycles. The van der Waals surface area contributed by atoms with E-state index in [0.717, 1.165) is 0 Å². The van der Waals surface area contributed by atoms with E-state index >= 15 is 0 Å². The Labute approximate surface area is 240 Å². The maximum atomic E-state index is 14.7. The van der Waals surface area contributed by atoms with Gasteiger partial charge in [0.1, 0.15) is 11.5 Å². The first-order chi connectivity index (χ1) is 20.3. The van der Waals surface area contributed by atoms with Crippen LogP contribution in [-0.4, -0.2) is 57.0 Å². The number of carbonyl (C=O) groups is 3. The predicted octanol–water partition coefficient (Wildman–Crippen LogP) is 3.75. The summed E-state index contributed by atoms with van der Waals surface area (Å²) in [6.07, 6.45) is 4.71. The molecule has 0 spiro atoms. The van der Waals surface area contributed by atoms with Crippen LogP contribution >= 0.6 is 0 Å². The minimum atomic E-state index is -0.629. The van der Waals surface area contributed by atoms with Crippen molar-refractivity contribution in [3.63, 3.8) is 0 Å². The lowest BCUT2D eigenvalue weighted by Gasteiger charge is -2.19. The number of hydrogen-bond acceptors (Lipinski definition) is 8. The number of aromatic nitrogens is 5. The van der Waals surface area contributed by atoms with E-state index in [1.54, 1.807) is 30.5 Å². The highest BCUT2D eigenvalue weighted by Gasteiger charge is 2.25. The Kier molecular flexibility index (Phi) is 8.27. The second-order valence-electron chi connectivity index (χ2n) is 10.0. The average Bonchev–Trinajstić information content (AvgIpc) is 3.67. The molecule has 2 bridgehead atoms. The van der Waals surface area contributed by atoms with E-state index in [2.05, 4.69) is 30.9 Å². The maximum absolute atomic E-state index is 14.7. The van der Waals surface area contributed by atoms with Crippen LogP contribution in [0, 0.1) is 11.7 Å². The zero-order valence-corrected chi connectivity index (χ0v) is 23.3. The molecular formula is C29H30FN7O5. The molecule has 4 aromatic rings. The van der Waals surface area contributed by atoms with Gasteiger partial charge in [0.15, 0.2) is 17.3 Å². The highest BCUT2D eigenvalue weighted by Crippen LogP contribution is 2.32. The van der Waals surface area contributed by atoms with Gasteiger partial charge in [0.05, 0.1) is 50.5 Å². The molecule has 3 heterocycles. The number of esters is 1. The lowest BCUT2D eigenvalue weighted by atomic mass is 9.98. The van der Waals surface area contributed by atoms with Crippen LogP contribution in [0.4, 0.5) is 10.1 Å². The predicted molar refractivity (Wildman–Crippen MR) is 149 cm³/mol. The molecule has 5 rings (SSSR count). The SMILES string of the molecule is COC(=O)Cc1ccc2c(c1)NC(=O)[C@H](C)CCC[C@H](NC(=O)c1cn(-c3cccc(OC)c3F)nn1)c1ncc-2[nH]1. The Balaban J connectivity index is 1.42. The molecule has 1 aliphatic rings. The molecule has 12 nitrogen and oxygen atoms in total. The number of ether oxygens (including phenoxy) is 2. The number of methoxy groups -OCH3 is 2. The number of nitrogens with one attached hydrogen (secondary N) is 3. The van der Waals surface area contributed by atoms with Crippen molar-refractivity contribution in [3.05, 3.63) is 71.7 Å². The average molecular weight is 576 g/mol. The number of H-pyrrole nitrogens is 1. The van der Waals surface area contributed by atoms with E-state index in [-0.39, 0.29) is 41.3 Å². The smallest absolute Gasteiger partial charge is 0.309 e. The number of benzene rings is 2. The Morgan fingerprint density at radius 1 is 1.19 bits per heavy atom. The molecule has 2 amide bonds. The van der Waals surface area contributed by atoms with Gasteiger partial charge in [-0.05, 0) is 36.6 Å². The summed E-state index contributed by atoms with van der Waals surface area (Å²) in [5.41, 5.74) is 2.60. The second kappa shape index (κ2) is 12.2. The van der Waals surface area contributed by atoms with Crippen molar-refractivity contribution in [1.82, 2.24) is 30.3 Å². The Morgan fingerprint density at radius 2 is 2.02 bits per heavy atom. The number of fused-ring (bicyclic) bond motifs is 4. The molecule has 1 aliphatic heterocycles. The van der Waals surface area contributed by atoms with Gasteiger partial charge < -0.3 is 25.1 Å². The summed E-state index contributed by atoms with van der Waals surface area (Å²) in [5, 5.41) is 13.8. The summed E-state index contributed by atoms with van der Waals surface area (Å²) < 4.78 is 25.7. The minimum absolute atomic E-state index is 0.00802. The number of imidazole rings is 1. The van der Waals surface area contributed by atoms with Gasteiger partial charge in [-0.15, -0.1) is 5.10 Å². The molecule has 0 saturated heterocycles. The van der Waals surface area contributed by atoms with Crippen LogP contribution in [0.3, 0.4) is 0 Å². The third kappa shape index (κ3) is 5.99. The third-order valence-corrected chi connectivity index (χ3v) is 7.15. The van der Waals surface area contributed by atoms with Gasteiger partial charge in [-0.1, -0.05) is 36.8 Å². The van der Waals surface area contributed by atoms with Crippen molar-refractivity contribution in [2.24, 2.45) is 5.92 Å². The van der Waals surface area contributed by atoms with Crippen LogP contribution in [-0.2, 0) is 20.7 Å². The second-order valence-corrected chi connectivity index (χ2v) is 10.0. The van der Waals surface area contributed by atoms with Gasteiger partial charge >= 0.3 is 5.97 Å². The number of amides is 2. The largest absolute Gasteiger partial charge is 0.494 e. The van der Waals surface area contributed by atoms with Crippen molar-refractivity contribution < 1.29 is 28.2 Å². The number of aromatic amines is 1. The maximum Gasteiger partial charge on any atom is 0.309 e. The first kappa shape index (κ1) is 28.5. The summed E-state index contributed by atoms with van der Waals surface area (Å²) in [6.45, 7) is 1.84. The van der Waals surface area contributed by atoms with Crippen LogP contribution in [0.15, 0.2) is 48.8 Å². The number of hydrogen-bond donors (Lipinski definition) is 3. The molecule has 0 radical (unpaired) electrons. The van der Waals surface area contributed by atoms with Crippen molar-refractivity contribution in [2.45, 2.75) is 38.6 Å². The molecule has 2 aromatic carbocycles. The van der Waals surface area contributed by atoms with Gasteiger partial charge in [0.2, 0.25) is 5.91 Å². The molecule has 2 atom stereocenters. The van der Waals surface area contributed by atoms with Crippen LogP contribution in [0.5, 0.6) is 5.75 Å². The highest BCUT2D eigenvalue weighted by atomic mass is 19.1. The molecule has 218 valence electrons. The van der Waals surface area contributed by atoms with E-state index < -0.39 is 17.8 Å². The summed E-state index contributed by atoms with van der Waals surface area (Å²) >= 11 is 0. The van der Waals surface area contributed by atoms with Gasteiger partial charge in [-0.2, -0.15) is 0 Å². The number of carbonyl (C=O) groups excluding carboxylic acids is 3. The molecule has 42 heavy (non-hydrogen) atoms. The van der Waals surface area contributed by atoms with E-state index in [1.165, 1.54) is 37.2 Å². The zero-order chi connectivity index (χ0) is 29.8. The topological polar surface area (TPSA) is 153 Å². The first-order valence-electron chi connectivity index (χ1n) is 13.4. The number of halogens is 1. The Bertz CT molecular complexity index is 1630. The number of rotatable bonds is 6. The standard InChI is InChI=1S/C29H30FN7O5/c1-16-6-4-7-19(33-29(40)22-15-37(36-35-22)23-8-5-9-24(41-2)26(23)30)27-31-14-21(32-27)18-11-10-17(13-25(38)42-3)12-20(18)34-28(16)39/h5,8-12,14-16,19H,4,6-7,13H2,1-3H3,(H,31,32)(H,33,40)(H,34,39)/t16-,19+/m1/s1. The monoisotopic (exact) mass is 575 g/mol. The lowest BCUT2D eigenvalue weighted by Crippen LogP contribution is -2.30. The first-order valence-corrected chi connectivity index (χ1v) is 13.4. The van der Waals surface area contributed by atoms with Gasteiger partial charge in [-0.3, -0.25) is 14.4 Å². The number of anilines is 1. The third-order valence-electron chi connectivity index (χ3n) is 7.15. The summed E-state index contributed by atoms with van der Waals surface area (Å²) in [6, 6.07) is 9.39.